The third-order valence-electron chi connectivity index (χ3n) is 2.91. The SMILES string of the molecule is N#CC1CCC(CSCCC(F)(F)F)CC1. The minimum absolute atomic E-state index is 0.168. The number of thioether (sulfide) groups is 1. The molecule has 1 aliphatic rings. The van der Waals surface area contributed by atoms with Crippen molar-refractivity contribution < 1.29 is 13.2 Å². The molecule has 1 saturated carbocycles. The Morgan fingerprint density at radius 3 is 2.31 bits per heavy atom. The van der Waals surface area contributed by atoms with Crippen LogP contribution in [0.4, 0.5) is 13.2 Å². The highest BCUT2D eigenvalue weighted by molar-refractivity contribution is 7.99. The van der Waals surface area contributed by atoms with Gasteiger partial charge in [-0.15, -0.1) is 0 Å². The van der Waals surface area contributed by atoms with E-state index in [0.29, 0.717) is 5.92 Å². The molecule has 0 aromatic rings. The van der Waals surface area contributed by atoms with Gasteiger partial charge in [-0.05, 0) is 37.4 Å². The third kappa shape index (κ3) is 5.64. The van der Waals surface area contributed by atoms with Gasteiger partial charge in [-0.25, -0.2) is 0 Å². The van der Waals surface area contributed by atoms with Crippen molar-refractivity contribution in [1.82, 2.24) is 0 Å². The lowest BCUT2D eigenvalue weighted by molar-refractivity contribution is -0.129. The Kier molecular flexibility index (Phi) is 5.47. The van der Waals surface area contributed by atoms with E-state index >= 15 is 0 Å². The fraction of sp³-hybridized carbons (Fsp3) is 0.909. The van der Waals surface area contributed by atoms with Crippen LogP contribution in [0.3, 0.4) is 0 Å². The van der Waals surface area contributed by atoms with Crippen molar-refractivity contribution in [3.63, 3.8) is 0 Å². The summed E-state index contributed by atoms with van der Waals surface area (Å²) in [5.41, 5.74) is 0. The molecule has 0 heterocycles. The molecular formula is C11H16F3NS. The summed E-state index contributed by atoms with van der Waals surface area (Å²) in [6.07, 6.45) is -0.882. The zero-order valence-electron chi connectivity index (χ0n) is 9.09. The quantitative estimate of drug-likeness (QED) is 0.705. The van der Waals surface area contributed by atoms with E-state index in [0.717, 1.165) is 31.4 Å². The molecule has 5 heteroatoms. The maximum absolute atomic E-state index is 11.9. The molecule has 0 aliphatic heterocycles. The van der Waals surface area contributed by atoms with Crippen LogP contribution in [0.2, 0.25) is 0 Å². The topological polar surface area (TPSA) is 23.8 Å². The van der Waals surface area contributed by atoms with E-state index in [4.69, 9.17) is 5.26 Å². The smallest absolute Gasteiger partial charge is 0.198 e. The Bertz CT molecular complexity index is 239. The molecule has 0 spiro atoms. The summed E-state index contributed by atoms with van der Waals surface area (Å²) in [6.45, 7) is 0. The molecule has 0 aromatic heterocycles. The fourth-order valence-corrected chi connectivity index (χ4v) is 3.11. The van der Waals surface area contributed by atoms with Crippen molar-refractivity contribution in [3.8, 4) is 6.07 Å². The third-order valence-corrected chi connectivity index (χ3v) is 4.11. The first-order valence-electron chi connectivity index (χ1n) is 5.55. The molecule has 0 aromatic carbocycles. The minimum atomic E-state index is -4.02. The first-order valence-corrected chi connectivity index (χ1v) is 6.71. The maximum atomic E-state index is 11.9. The number of nitrogens with zero attached hydrogens (tertiary/aromatic N) is 1. The summed E-state index contributed by atoms with van der Waals surface area (Å²) in [4.78, 5) is 0. The molecule has 1 fully saturated rings. The first kappa shape index (κ1) is 13.7. The zero-order chi connectivity index (χ0) is 12.0. The standard InChI is InChI=1S/C11H16F3NS/c12-11(13,14)5-6-16-8-10-3-1-9(7-15)2-4-10/h9-10H,1-6,8H2. The van der Waals surface area contributed by atoms with Gasteiger partial charge in [0.05, 0.1) is 12.5 Å². The molecular weight excluding hydrogens is 235 g/mol. The Morgan fingerprint density at radius 1 is 1.19 bits per heavy atom. The average molecular weight is 251 g/mol. The summed E-state index contributed by atoms with van der Waals surface area (Å²) < 4.78 is 35.6. The highest BCUT2D eigenvalue weighted by Gasteiger charge is 2.26. The lowest BCUT2D eigenvalue weighted by Crippen LogP contribution is -2.16. The van der Waals surface area contributed by atoms with Crippen LogP contribution < -0.4 is 0 Å². The van der Waals surface area contributed by atoms with Crippen LogP contribution >= 0.6 is 11.8 Å². The van der Waals surface area contributed by atoms with Crippen LogP contribution in [0.5, 0.6) is 0 Å². The van der Waals surface area contributed by atoms with Gasteiger partial charge in [0.1, 0.15) is 0 Å². The molecule has 0 radical (unpaired) electrons. The summed E-state index contributed by atoms with van der Waals surface area (Å²) in [7, 11) is 0. The summed E-state index contributed by atoms with van der Waals surface area (Å²) >= 11 is 1.39. The van der Waals surface area contributed by atoms with Crippen molar-refractivity contribution in [1.29, 1.82) is 5.26 Å². The number of halogens is 3. The molecule has 16 heavy (non-hydrogen) atoms. The van der Waals surface area contributed by atoms with Crippen molar-refractivity contribution in [2.24, 2.45) is 11.8 Å². The summed E-state index contributed by atoms with van der Waals surface area (Å²) in [5, 5.41) is 8.70. The lowest BCUT2D eigenvalue weighted by Gasteiger charge is -2.24. The Morgan fingerprint density at radius 2 is 1.81 bits per heavy atom. The van der Waals surface area contributed by atoms with Gasteiger partial charge in [0.15, 0.2) is 0 Å². The molecule has 1 nitrogen and oxygen atoms in total. The van der Waals surface area contributed by atoms with Crippen molar-refractivity contribution >= 4 is 11.8 Å². The second kappa shape index (κ2) is 6.39. The van der Waals surface area contributed by atoms with Gasteiger partial charge in [0, 0.05) is 11.7 Å². The van der Waals surface area contributed by atoms with E-state index in [1.165, 1.54) is 11.8 Å². The zero-order valence-corrected chi connectivity index (χ0v) is 9.91. The second-order valence-corrected chi connectivity index (χ2v) is 5.44. The summed E-state index contributed by atoms with van der Waals surface area (Å²) in [5.74, 6) is 1.68. The normalized spacial score (nSPS) is 26.4. The van der Waals surface area contributed by atoms with Crippen molar-refractivity contribution in [2.75, 3.05) is 11.5 Å². The highest BCUT2D eigenvalue weighted by atomic mass is 32.2. The molecule has 1 rings (SSSR count). The minimum Gasteiger partial charge on any atom is -0.198 e. The Balaban J connectivity index is 2.05. The molecule has 0 saturated heterocycles. The van der Waals surface area contributed by atoms with Gasteiger partial charge in [0.25, 0.3) is 0 Å². The van der Waals surface area contributed by atoms with Crippen molar-refractivity contribution in [2.45, 2.75) is 38.3 Å². The van der Waals surface area contributed by atoms with Gasteiger partial charge >= 0.3 is 6.18 Å². The number of alkyl halides is 3. The largest absolute Gasteiger partial charge is 0.389 e. The van der Waals surface area contributed by atoms with Crippen molar-refractivity contribution in [3.05, 3.63) is 0 Å². The van der Waals surface area contributed by atoms with Gasteiger partial charge in [-0.1, -0.05) is 0 Å². The summed E-state index contributed by atoms with van der Waals surface area (Å²) in [6, 6.07) is 2.26. The predicted molar refractivity (Wildman–Crippen MR) is 59.1 cm³/mol. The van der Waals surface area contributed by atoms with Gasteiger partial charge < -0.3 is 0 Å². The maximum Gasteiger partial charge on any atom is 0.389 e. The van der Waals surface area contributed by atoms with Crippen LogP contribution in [-0.4, -0.2) is 17.7 Å². The Labute approximate surface area is 98.4 Å². The molecule has 92 valence electrons. The number of rotatable bonds is 4. The van der Waals surface area contributed by atoms with Crippen LogP contribution in [0, 0.1) is 23.2 Å². The molecule has 0 atom stereocenters. The van der Waals surface area contributed by atoms with Gasteiger partial charge in [0.2, 0.25) is 0 Å². The molecule has 1 aliphatic carbocycles. The van der Waals surface area contributed by atoms with E-state index in [9.17, 15) is 13.2 Å². The molecule has 0 amide bonds. The van der Waals surface area contributed by atoms with Gasteiger partial charge in [-0.2, -0.15) is 30.2 Å². The fourth-order valence-electron chi connectivity index (χ4n) is 1.90. The molecule has 0 unspecified atom stereocenters. The second-order valence-electron chi connectivity index (χ2n) is 4.29. The number of hydrogen-bond donors (Lipinski definition) is 0. The monoisotopic (exact) mass is 251 g/mol. The van der Waals surface area contributed by atoms with E-state index in [-0.39, 0.29) is 11.7 Å². The predicted octanol–water partition coefficient (Wildman–Crippen LogP) is 4.00. The highest BCUT2D eigenvalue weighted by Crippen LogP contribution is 2.31. The van der Waals surface area contributed by atoms with E-state index in [1.54, 1.807) is 0 Å². The van der Waals surface area contributed by atoms with E-state index < -0.39 is 12.6 Å². The van der Waals surface area contributed by atoms with Crippen LogP contribution in [0.25, 0.3) is 0 Å². The first-order chi connectivity index (χ1) is 7.51. The molecule has 0 bridgehead atoms. The Hall–Kier alpha value is -0.370. The van der Waals surface area contributed by atoms with E-state index in [1.807, 2.05) is 0 Å². The number of nitriles is 1. The number of hydrogen-bond acceptors (Lipinski definition) is 2. The van der Waals surface area contributed by atoms with E-state index in [2.05, 4.69) is 6.07 Å². The van der Waals surface area contributed by atoms with Gasteiger partial charge in [-0.3, -0.25) is 0 Å². The lowest BCUT2D eigenvalue weighted by atomic mass is 9.84. The van der Waals surface area contributed by atoms with Crippen LogP contribution in [-0.2, 0) is 0 Å². The molecule has 0 N–H and O–H groups in total. The average Bonchev–Trinajstić information content (AvgIpc) is 2.24. The van der Waals surface area contributed by atoms with Crippen LogP contribution in [0.15, 0.2) is 0 Å². The van der Waals surface area contributed by atoms with Crippen LogP contribution in [0.1, 0.15) is 32.1 Å².